The number of ether oxygens (including phenoxy) is 3. The van der Waals surface area contributed by atoms with E-state index in [2.05, 4.69) is 154 Å². The molecule has 0 aromatic heterocycles. The lowest BCUT2D eigenvalue weighted by Gasteiger charge is -2.41. The fraction of sp³-hybridized carbons (Fsp3) is 0.588. The Kier molecular flexibility index (Phi) is 49.3. The van der Waals surface area contributed by atoms with E-state index in [1.807, 2.05) is 18.2 Å². The summed E-state index contributed by atoms with van der Waals surface area (Å²) in [6.45, 7) is 5.45. The Bertz CT molecular complexity index is 1880. The largest absolute Gasteiger partial charge is 0.454 e. The van der Waals surface area contributed by atoms with E-state index in [9.17, 15) is 35.1 Å². The molecule has 79 heavy (non-hydrogen) atoms. The standard InChI is InChI=1S/C68H107NO10/c1-4-7-10-13-16-19-22-24-26-28-30-31-32-34-36-38-41-44-47-50-53-56-63(73)79-66-65(75)64(74)62(57-70)78-68(66)77-58-59(60(71)54-51-48-45-42-39-21-18-15-12-9-6-3)69-67(76)61(72)55-52-49-46-43-40-37-35-33-29-27-25-23-20-17-14-11-8-5-2/h7-8,10-11,16-17,19-20,24-27,30-31,33-36,40-41,43-44,49,51-52,54,59-62,64-66,68,70-72,74-75H,4-6,9,12-15,18,21-23,28-29,32,37-39,42,45-48,50,53,55-58H2,1-3H3,(H,69,76)/b10-7-,11-8-,19-16-,20-17-,26-24-,27-25-,31-30-,35-33-,36-34-,43-40-,44-41-,52-49-,54-51+. The molecule has 1 saturated heterocycles. The van der Waals surface area contributed by atoms with Crippen molar-refractivity contribution < 1.29 is 49.3 Å². The number of nitrogens with one attached hydrogen (secondary N) is 1. The molecule has 1 aliphatic rings. The van der Waals surface area contributed by atoms with Crippen LogP contribution in [0.4, 0.5) is 0 Å². The first-order valence-corrected chi connectivity index (χ1v) is 30.3. The number of aliphatic hydroxyl groups excluding tert-OH is 5. The third-order valence-electron chi connectivity index (χ3n) is 12.9. The van der Waals surface area contributed by atoms with E-state index in [0.717, 1.165) is 109 Å². The molecule has 1 amide bonds. The van der Waals surface area contributed by atoms with Crippen LogP contribution >= 0.6 is 0 Å². The zero-order valence-electron chi connectivity index (χ0n) is 48.9. The summed E-state index contributed by atoms with van der Waals surface area (Å²) >= 11 is 0. The van der Waals surface area contributed by atoms with Gasteiger partial charge in [0, 0.05) is 12.8 Å². The Morgan fingerprint density at radius 3 is 1.37 bits per heavy atom. The minimum absolute atomic E-state index is 0.0437. The summed E-state index contributed by atoms with van der Waals surface area (Å²) < 4.78 is 17.5. The van der Waals surface area contributed by atoms with E-state index in [-0.39, 0.29) is 19.4 Å². The van der Waals surface area contributed by atoms with Gasteiger partial charge in [0.1, 0.15) is 24.4 Å². The minimum Gasteiger partial charge on any atom is -0.454 e. The van der Waals surface area contributed by atoms with Crippen LogP contribution in [-0.4, -0.2) is 99.6 Å². The Labute approximate surface area is 478 Å². The molecule has 1 fully saturated rings. The third kappa shape index (κ3) is 41.9. The van der Waals surface area contributed by atoms with Crippen molar-refractivity contribution in [3.8, 4) is 0 Å². The van der Waals surface area contributed by atoms with Crippen molar-refractivity contribution in [2.45, 2.75) is 243 Å². The molecule has 0 aromatic carbocycles. The monoisotopic (exact) mass is 1100 g/mol. The van der Waals surface area contributed by atoms with Gasteiger partial charge < -0.3 is 45.1 Å². The Morgan fingerprint density at radius 1 is 0.506 bits per heavy atom. The predicted octanol–water partition coefficient (Wildman–Crippen LogP) is 14.4. The summed E-state index contributed by atoms with van der Waals surface area (Å²) in [5.41, 5.74) is 0. The third-order valence-corrected chi connectivity index (χ3v) is 12.9. The maximum atomic E-state index is 13.4. The van der Waals surface area contributed by atoms with Crippen LogP contribution < -0.4 is 5.32 Å². The maximum Gasteiger partial charge on any atom is 0.306 e. The van der Waals surface area contributed by atoms with E-state index < -0.39 is 67.4 Å². The van der Waals surface area contributed by atoms with Crippen LogP contribution in [0.2, 0.25) is 0 Å². The van der Waals surface area contributed by atoms with Crippen molar-refractivity contribution in [1.29, 1.82) is 0 Å². The first-order valence-electron chi connectivity index (χ1n) is 30.3. The lowest BCUT2D eigenvalue weighted by molar-refractivity contribution is -0.305. The van der Waals surface area contributed by atoms with Gasteiger partial charge in [0.15, 0.2) is 12.4 Å². The van der Waals surface area contributed by atoms with Crippen LogP contribution in [0.5, 0.6) is 0 Å². The average molecular weight is 1100 g/mol. The number of hydrogen-bond donors (Lipinski definition) is 6. The van der Waals surface area contributed by atoms with Crippen molar-refractivity contribution in [2.24, 2.45) is 0 Å². The van der Waals surface area contributed by atoms with Gasteiger partial charge in [0.25, 0.3) is 0 Å². The molecular formula is C68H107NO10. The van der Waals surface area contributed by atoms with Crippen LogP contribution in [0.25, 0.3) is 0 Å². The van der Waals surface area contributed by atoms with Crippen LogP contribution in [0.3, 0.4) is 0 Å². The van der Waals surface area contributed by atoms with Gasteiger partial charge in [0.05, 0.1) is 25.4 Å². The molecule has 8 unspecified atom stereocenters. The highest BCUT2D eigenvalue weighted by Gasteiger charge is 2.47. The molecule has 0 saturated carbocycles. The Balaban J connectivity index is 2.77. The van der Waals surface area contributed by atoms with Crippen LogP contribution in [-0.2, 0) is 23.8 Å². The summed E-state index contributed by atoms with van der Waals surface area (Å²) in [5, 5.41) is 56.8. The molecule has 0 aliphatic carbocycles. The zero-order valence-corrected chi connectivity index (χ0v) is 48.9. The number of aliphatic hydroxyl groups is 5. The second-order valence-corrected chi connectivity index (χ2v) is 20.0. The summed E-state index contributed by atoms with van der Waals surface area (Å²) in [4.78, 5) is 26.5. The molecule has 0 bridgehead atoms. The fourth-order valence-corrected chi connectivity index (χ4v) is 8.20. The van der Waals surface area contributed by atoms with E-state index in [1.54, 1.807) is 12.2 Å². The van der Waals surface area contributed by atoms with Gasteiger partial charge in [-0.2, -0.15) is 0 Å². The molecule has 0 aromatic rings. The van der Waals surface area contributed by atoms with E-state index in [4.69, 9.17) is 14.2 Å². The molecule has 0 spiro atoms. The van der Waals surface area contributed by atoms with Crippen LogP contribution in [0.15, 0.2) is 158 Å². The molecule has 1 heterocycles. The number of carbonyl (C=O) groups excluding carboxylic acids is 2. The highest BCUT2D eigenvalue weighted by molar-refractivity contribution is 5.81. The number of esters is 1. The van der Waals surface area contributed by atoms with Gasteiger partial charge in [-0.1, -0.05) is 230 Å². The van der Waals surface area contributed by atoms with Gasteiger partial charge in [0.2, 0.25) is 5.91 Å². The average Bonchev–Trinajstić information content (AvgIpc) is 3.47. The van der Waals surface area contributed by atoms with Gasteiger partial charge >= 0.3 is 5.97 Å². The molecule has 8 atom stereocenters. The second-order valence-electron chi connectivity index (χ2n) is 20.0. The number of rotatable bonds is 48. The van der Waals surface area contributed by atoms with Crippen LogP contribution in [0.1, 0.15) is 194 Å². The van der Waals surface area contributed by atoms with Gasteiger partial charge in [-0.3, -0.25) is 9.59 Å². The highest BCUT2D eigenvalue weighted by Crippen LogP contribution is 2.26. The first kappa shape index (κ1) is 72.3. The molecule has 11 heteroatoms. The lowest BCUT2D eigenvalue weighted by atomic mass is 9.99. The van der Waals surface area contributed by atoms with Crippen molar-refractivity contribution in [3.63, 3.8) is 0 Å². The molecule has 1 aliphatic heterocycles. The number of allylic oxidation sites excluding steroid dienone is 24. The van der Waals surface area contributed by atoms with E-state index in [0.29, 0.717) is 12.8 Å². The van der Waals surface area contributed by atoms with Crippen molar-refractivity contribution in [3.05, 3.63) is 158 Å². The van der Waals surface area contributed by atoms with E-state index >= 15 is 0 Å². The number of carbonyl (C=O) groups is 2. The fourth-order valence-electron chi connectivity index (χ4n) is 8.20. The number of amides is 1. The molecule has 444 valence electrons. The first-order chi connectivity index (χ1) is 38.7. The molecule has 0 radical (unpaired) electrons. The smallest absolute Gasteiger partial charge is 0.306 e. The normalized spacial score (nSPS) is 20.0. The molecule has 11 nitrogen and oxygen atoms in total. The SMILES string of the molecule is CC/C=C\C/C=C\C/C=C\C/C=C\C/C=C\C/C=C\CCCCC(=O)OC1C(OCC(NC(=O)C(O)C/C=C\C/C=C\C/C=C\C/C=C\C/C=C\C/C=C\CC)C(O)/C=C/CCCCCCCCCCC)OC(CO)C(O)C1O. The molecule has 6 N–H and O–H groups in total. The zero-order chi connectivity index (χ0) is 57.5. The van der Waals surface area contributed by atoms with Crippen molar-refractivity contribution in [2.75, 3.05) is 13.2 Å². The van der Waals surface area contributed by atoms with Crippen LogP contribution in [0, 0.1) is 0 Å². The maximum absolute atomic E-state index is 13.4. The Morgan fingerprint density at radius 2 is 0.911 bits per heavy atom. The van der Waals surface area contributed by atoms with Gasteiger partial charge in [-0.15, -0.1) is 0 Å². The van der Waals surface area contributed by atoms with Gasteiger partial charge in [-0.25, -0.2) is 0 Å². The summed E-state index contributed by atoms with van der Waals surface area (Å²) in [7, 11) is 0. The minimum atomic E-state index is -1.66. The summed E-state index contributed by atoms with van der Waals surface area (Å²) in [6, 6.07) is -1.09. The molecular weight excluding hydrogens is 991 g/mol. The highest BCUT2D eigenvalue weighted by atomic mass is 16.7. The summed E-state index contributed by atoms with van der Waals surface area (Å²) in [6.07, 6.45) is 68.7. The molecule has 1 rings (SSSR count). The Hall–Kier alpha value is -4.72. The van der Waals surface area contributed by atoms with Crippen molar-refractivity contribution in [1.82, 2.24) is 5.32 Å². The predicted molar refractivity (Wildman–Crippen MR) is 328 cm³/mol. The van der Waals surface area contributed by atoms with E-state index in [1.165, 1.54) is 38.5 Å². The topological polar surface area (TPSA) is 175 Å². The van der Waals surface area contributed by atoms with Gasteiger partial charge in [-0.05, 0) is 109 Å². The summed E-state index contributed by atoms with van der Waals surface area (Å²) in [5.74, 6) is -1.35. The lowest BCUT2D eigenvalue weighted by Crippen LogP contribution is -2.61. The number of unbranched alkanes of at least 4 members (excludes halogenated alkanes) is 11. The second kappa shape index (κ2) is 53.9. The van der Waals surface area contributed by atoms with Crippen molar-refractivity contribution >= 4 is 11.9 Å². The quantitative estimate of drug-likeness (QED) is 0.0195. The number of hydrogen-bond acceptors (Lipinski definition) is 10.